The van der Waals surface area contributed by atoms with Crippen LogP contribution in [0.1, 0.15) is 38.7 Å². The molecule has 0 bridgehead atoms. The maximum Gasteiger partial charge on any atom is 0.243 e. The second-order valence-corrected chi connectivity index (χ2v) is 8.61. The fourth-order valence-electron chi connectivity index (χ4n) is 3.55. The molecule has 0 radical (unpaired) electrons. The molecule has 0 aliphatic carbocycles. The van der Waals surface area contributed by atoms with Crippen LogP contribution in [-0.4, -0.2) is 62.8 Å². The molecule has 0 saturated carbocycles. The molecule has 1 aliphatic heterocycles. The second-order valence-electron chi connectivity index (χ2n) is 6.67. The van der Waals surface area contributed by atoms with Crippen molar-refractivity contribution in [1.29, 1.82) is 0 Å². The fraction of sp³-hybridized carbons (Fsp3) is 0.632. The lowest BCUT2D eigenvalue weighted by molar-refractivity contribution is -0.131. The van der Waals surface area contributed by atoms with Gasteiger partial charge in [0.05, 0.1) is 4.90 Å². The molecule has 146 valence electrons. The van der Waals surface area contributed by atoms with Gasteiger partial charge in [-0.05, 0) is 44.0 Å². The summed E-state index contributed by atoms with van der Waals surface area (Å²) in [6.45, 7) is 6.26. The van der Waals surface area contributed by atoms with E-state index in [0.717, 1.165) is 31.5 Å². The van der Waals surface area contributed by atoms with Crippen LogP contribution in [0.4, 0.5) is 0 Å². The standard InChI is InChI=1S/C19H31N3O3S/c1-4-21(5-2)26(24,25)18-11-8-16(9-12-18)10-13-19(23)22-14-6-7-17(22)15-20-3/h8-9,11-12,17,20H,4-7,10,13-15H2,1-3H3. The minimum absolute atomic E-state index is 0.183. The third-order valence-corrected chi connectivity index (χ3v) is 7.10. The van der Waals surface area contributed by atoms with Gasteiger partial charge in [0.25, 0.3) is 0 Å². The molecule has 26 heavy (non-hydrogen) atoms. The quantitative estimate of drug-likeness (QED) is 0.709. The summed E-state index contributed by atoms with van der Waals surface area (Å²) in [6, 6.07) is 7.23. The summed E-state index contributed by atoms with van der Waals surface area (Å²) in [6.07, 6.45) is 3.22. The van der Waals surface area contributed by atoms with E-state index in [1.54, 1.807) is 12.1 Å². The van der Waals surface area contributed by atoms with E-state index >= 15 is 0 Å². The topological polar surface area (TPSA) is 69.7 Å². The molecule has 1 saturated heterocycles. The number of carbonyl (C=O) groups excluding carboxylic acids is 1. The lowest BCUT2D eigenvalue weighted by Crippen LogP contribution is -2.40. The number of benzene rings is 1. The number of nitrogens with zero attached hydrogens (tertiary/aromatic N) is 2. The molecule has 1 atom stereocenters. The molecular weight excluding hydrogens is 350 g/mol. The number of nitrogens with one attached hydrogen (secondary N) is 1. The van der Waals surface area contributed by atoms with Crippen LogP contribution < -0.4 is 5.32 Å². The van der Waals surface area contributed by atoms with E-state index in [9.17, 15) is 13.2 Å². The summed E-state index contributed by atoms with van der Waals surface area (Å²) in [5.74, 6) is 0.183. The zero-order chi connectivity index (χ0) is 19.2. The molecule has 1 unspecified atom stereocenters. The third-order valence-electron chi connectivity index (χ3n) is 5.03. The molecule has 7 heteroatoms. The lowest BCUT2D eigenvalue weighted by Gasteiger charge is -2.24. The van der Waals surface area contributed by atoms with Gasteiger partial charge in [-0.3, -0.25) is 4.79 Å². The Balaban J connectivity index is 1.96. The highest BCUT2D eigenvalue weighted by Gasteiger charge is 2.27. The zero-order valence-corrected chi connectivity index (χ0v) is 16.9. The molecule has 1 aromatic rings. The molecule has 1 aromatic carbocycles. The van der Waals surface area contributed by atoms with Crippen LogP contribution in [0, 0.1) is 0 Å². The number of rotatable bonds is 9. The van der Waals surface area contributed by atoms with Crippen LogP contribution in [0.25, 0.3) is 0 Å². The van der Waals surface area contributed by atoms with Crippen LogP contribution in [0.5, 0.6) is 0 Å². The van der Waals surface area contributed by atoms with Gasteiger partial charge >= 0.3 is 0 Å². The highest BCUT2D eigenvalue weighted by Crippen LogP contribution is 2.20. The van der Waals surface area contributed by atoms with Crippen molar-refractivity contribution in [2.24, 2.45) is 0 Å². The van der Waals surface area contributed by atoms with Crippen LogP contribution in [0.3, 0.4) is 0 Å². The highest BCUT2D eigenvalue weighted by atomic mass is 32.2. The molecule has 1 heterocycles. The largest absolute Gasteiger partial charge is 0.338 e. The molecular formula is C19H31N3O3S. The van der Waals surface area contributed by atoms with Gasteiger partial charge in [-0.1, -0.05) is 26.0 Å². The smallest absolute Gasteiger partial charge is 0.243 e. The number of amides is 1. The van der Waals surface area contributed by atoms with Crippen molar-refractivity contribution in [2.45, 2.75) is 50.5 Å². The molecule has 1 amide bonds. The van der Waals surface area contributed by atoms with Gasteiger partial charge in [-0.25, -0.2) is 8.42 Å². The van der Waals surface area contributed by atoms with Gasteiger partial charge in [0, 0.05) is 38.6 Å². The minimum Gasteiger partial charge on any atom is -0.338 e. The summed E-state index contributed by atoms with van der Waals surface area (Å²) >= 11 is 0. The average molecular weight is 382 g/mol. The number of likely N-dealkylation sites (tertiary alicyclic amines) is 1. The fourth-order valence-corrected chi connectivity index (χ4v) is 5.01. The van der Waals surface area contributed by atoms with Crippen molar-refractivity contribution < 1.29 is 13.2 Å². The van der Waals surface area contributed by atoms with Crippen LogP contribution in [-0.2, 0) is 21.2 Å². The average Bonchev–Trinajstić information content (AvgIpc) is 3.09. The molecule has 1 fully saturated rings. The van der Waals surface area contributed by atoms with Crippen molar-refractivity contribution in [3.8, 4) is 0 Å². The monoisotopic (exact) mass is 381 g/mol. The first-order chi connectivity index (χ1) is 12.4. The van der Waals surface area contributed by atoms with Crippen LogP contribution >= 0.6 is 0 Å². The number of aryl methyl sites for hydroxylation is 1. The van der Waals surface area contributed by atoms with Crippen molar-refractivity contribution in [1.82, 2.24) is 14.5 Å². The van der Waals surface area contributed by atoms with Crippen LogP contribution in [0.2, 0.25) is 0 Å². The Kier molecular flexibility index (Phi) is 7.61. The number of carbonyl (C=O) groups is 1. The summed E-state index contributed by atoms with van der Waals surface area (Å²) in [7, 11) is -1.51. The molecule has 0 spiro atoms. The maximum atomic E-state index is 12.5. The van der Waals surface area contributed by atoms with E-state index < -0.39 is 10.0 Å². The SMILES string of the molecule is CCN(CC)S(=O)(=O)c1ccc(CCC(=O)N2CCCC2CNC)cc1. The van der Waals surface area contributed by atoms with Gasteiger partial charge in [0.1, 0.15) is 0 Å². The van der Waals surface area contributed by atoms with Gasteiger partial charge in [0.15, 0.2) is 0 Å². The summed E-state index contributed by atoms with van der Waals surface area (Å²) < 4.78 is 26.5. The molecule has 1 N–H and O–H groups in total. The highest BCUT2D eigenvalue weighted by molar-refractivity contribution is 7.89. The Morgan fingerprint density at radius 1 is 1.23 bits per heavy atom. The van der Waals surface area contributed by atoms with E-state index in [1.807, 2.05) is 37.9 Å². The van der Waals surface area contributed by atoms with E-state index in [4.69, 9.17) is 0 Å². The van der Waals surface area contributed by atoms with E-state index in [-0.39, 0.29) is 5.91 Å². The Morgan fingerprint density at radius 2 is 1.88 bits per heavy atom. The zero-order valence-electron chi connectivity index (χ0n) is 16.1. The first kappa shape index (κ1) is 20.9. The van der Waals surface area contributed by atoms with E-state index in [1.165, 1.54) is 4.31 Å². The maximum absolute atomic E-state index is 12.5. The number of hydrogen-bond acceptors (Lipinski definition) is 4. The third kappa shape index (κ3) is 4.84. The Bertz CT molecular complexity index is 684. The van der Waals surface area contributed by atoms with Gasteiger partial charge in [-0.15, -0.1) is 0 Å². The molecule has 6 nitrogen and oxygen atoms in total. The first-order valence-electron chi connectivity index (χ1n) is 9.47. The summed E-state index contributed by atoms with van der Waals surface area (Å²) in [4.78, 5) is 14.8. The van der Waals surface area contributed by atoms with Gasteiger partial charge < -0.3 is 10.2 Å². The summed E-state index contributed by atoms with van der Waals surface area (Å²) in [5, 5.41) is 3.15. The predicted octanol–water partition coefficient (Wildman–Crippen LogP) is 1.86. The van der Waals surface area contributed by atoms with Crippen LogP contribution in [0.15, 0.2) is 29.2 Å². The van der Waals surface area contributed by atoms with Gasteiger partial charge in [0.2, 0.25) is 15.9 Å². The number of sulfonamides is 1. The number of hydrogen-bond donors (Lipinski definition) is 1. The second kappa shape index (κ2) is 9.48. The Morgan fingerprint density at radius 3 is 2.46 bits per heavy atom. The number of likely N-dealkylation sites (N-methyl/N-ethyl adjacent to an activating group) is 1. The van der Waals surface area contributed by atoms with E-state index in [2.05, 4.69) is 5.32 Å². The first-order valence-corrected chi connectivity index (χ1v) is 10.9. The van der Waals surface area contributed by atoms with Gasteiger partial charge in [-0.2, -0.15) is 4.31 Å². The normalized spacial score (nSPS) is 17.8. The molecule has 1 aliphatic rings. The molecule has 0 aromatic heterocycles. The minimum atomic E-state index is -3.42. The predicted molar refractivity (Wildman–Crippen MR) is 104 cm³/mol. The lowest BCUT2D eigenvalue weighted by atomic mass is 10.1. The molecule has 2 rings (SSSR count). The van der Waals surface area contributed by atoms with Crippen molar-refractivity contribution in [3.63, 3.8) is 0 Å². The van der Waals surface area contributed by atoms with Crippen molar-refractivity contribution in [3.05, 3.63) is 29.8 Å². The van der Waals surface area contributed by atoms with Crippen molar-refractivity contribution in [2.75, 3.05) is 33.2 Å². The summed E-state index contributed by atoms with van der Waals surface area (Å²) in [5.41, 5.74) is 0.987. The van der Waals surface area contributed by atoms with E-state index in [0.29, 0.717) is 36.9 Å². The Labute approximate surface area is 157 Å². The Hall–Kier alpha value is -1.44. The van der Waals surface area contributed by atoms with Crippen molar-refractivity contribution >= 4 is 15.9 Å².